The monoisotopic (exact) mass is 503 g/mol. The SMILES string of the molecule is CC(C)Cc1ccc(CC2(C)CCc3cc(C(=O)N(CC(=O)O)Cc4cccc(F)c4)ccc3O2)cc1. The van der Waals surface area contributed by atoms with E-state index in [1.54, 1.807) is 30.3 Å². The van der Waals surface area contributed by atoms with Gasteiger partial charge in [0.15, 0.2) is 0 Å². The number of aliphatic carboxylic acids is 1. The molecule has 1 N–H and O–H groups in total. The molecule has 0 radical (unpaired) electrons. The van der Waals surface area contributed by atoms with Crippen LogP contribution in [0.1, 0.15) is 59.8 Å². The molecule has 1 atom stereocenters. The van der Waals surface area contributed by atoms with Gasteiger partial charge in [0.1, 0.15) is 23.7 Å². The van der Waals surface area contributed by atoms with E-state index in [0.717, 1.165) is 37.0 Å². The second kappa shape index (κ2) is 11.2. The van der Waals surface area contributed by atoms with Crippen LogP contribution in [0.4, 0.5) is 4.39 Å². The topological polar surface area (TPSA) is 66.8 Å². The molecule has 4 rings (SSSR count). The number of hydrogen-bond acceptors (Lipinski definition) is 3. The fraction of sp³-hybridized carbons (Fsp3) is 0.355. The number of fused-ring (bicyclic) bond motifs is 1. The Labute approximate surface area is 217 Å². The van der Waals surface area contributed by atoms with Gasteiger partial charge in [0, 0.05) is 18.5 Å². The minimum atomic E-state index is -1.13. The van der Waals surface area contributed by atoms with E-state index in [1.165, 1.54) is 28.2 Å². The summed E-state index contributed by atoms with van der Waals surface area (Å²) < 4.78 is 20.0. The Hall–Kier alpha value is -3.67. The Morgan fingerprint density at radius 2 is 1.76 bits per heavy atom. The molecule has 0 fully saturated rings. The number of nitrogens with zero attached hydrogens (tertiary/aromatic N) is 1. The summed E-state index contributed by atoms with van der Waals surface area (Å²) >= 11 is 0. The number of hydrogen-bond donors (Lipinski definition) is 1. The van der Waals surface area contributed by atoms with Gasteiger partial charge in [0.25, 0.3) is 5.91 Å². The van der Waals surface area contributed by atoms with Crippen molar-refractivity contribution < 1.29 is 23.8 Å². The number of carbonyl (C=O) groups is 2. The van der Waals surface area contributed by atoms with E-state index in [0.29, 0.717) is 17.0 Å². The van der Waals surface area contributed by atoms with Gasteiger partial charge in [-0.1, -0.05) is 50.2 Å². The van der Waals surface area contributed by atoms with Crippen LogP contribution >= 0.6 is 0 Å². The summed E-state index contributed by atoms with van der Waals surface area (Å²) in [7, 11) is 0. The van der Waals surface area contributed by atoms with E-state index in [9.17, 15) is 19.1 Å². The molecule has 1 heterocycles. The van der Waals surface area contributed by atoms with Gasteiger partial charge in [-0.2, -0.15) is 0 Å². The van der Waals surface area contributed by atoms with Crippen molar-refractivity contribution in [1.82, 2.24) is 4.90 Å². The lowest BCUT2D eigenvalue weighted by atomic mass is 9.86. The molecule has 194 valence electrons. The third-order valence-electron chi connectivity index (χ3n) is 6.71. The van der Waals surface area contributed by atoms with Crippen LogP contribution in [0.3, 0.4) is 0 Å². The number of carboxylic acids is 1. The van der Waals surface area contributed by atoms with Crippen molar-refractivity contribution in [3.63, 3.8) is 0 Å². The number of benzene rings is 3. The van der Waals surface area contributed by atoms with Crippen molar-refractivity contribution in [2.24, 2.45) is 5.92 Å². The van der Waals surface area contributed by atoms with Gasteiger partial charge in [-0.05, 0) is 84.7 Å². The molecular formula is C31H34FNO4. The average molecular weight is 504 g/mol. The smallest absolute Gasteiger partial charge is 0.323 e. The van der Waals surface area contributed by atoms with E-state index in [-0.39, 0.29) is 12.1 Å². The minimum Gasteiger partial charge on any atom is -0.487 e. The molecule has 0 saturated heterocycles. The van der Waals surface area contributed by atoms with Crippen molar-refractivity contribution in [2.75, 3.05) is 6.54 Å². The number of ether oxygens (including phenoxy) is 1. The normalized spacial score (nSPS) is 16.7. The quantitative estimate of drug-likeness (QED) is 0.384. The summed E-state index contributed by atoms with van der Waals surface area (Å²) in [5.74, 6) is -0.600. The summed E-state index contributed by atoms with van der Waals surface area (Å²) in [6.07, 6.45) is 3.40. The maximum atomic E-state index is 13.6. The molecular weight excluding hydrogens is 469 g/mol. The van der Waals surface area contributed by atoms with Crippen LogP contribution in [0.15, 0.2) is 66.7 Å². The van der Waals surface area contributed by atoms with Crippen molar-refractivity contribution in [2.45, 2.75) is 58.6 Å². The summed E-state index contributed by atoms with van der Waals surface area (Å²) in [4.78, 5) is 25.9. The van der Waals surface area contributed by atoms with Gasteiger partial charge in [-0.15, -0.1) is 0 Å². The largest absolute Gasteiger partial charge is 0.487 e. The van der Waals surface area contributed by atoms with Crippen LogP contribution < -0.4 is 4.74 Å². The van der Waals surface area contributed by atoms with Crippen molar-refractivity contribution in [3.8, 4) is 5.75 Å². The lowest BCUT2D eigenvalue weighted by Gasteiger charge is -2.36. The number of halogens is 1. The Morgan fingerprint density at radius 1 is 1.03 bits per heavy atom. The zero-order valence-corrected chi connectivity index (χ0v) is 21.7. The first-order chi connectivity index (χ1) is 17.6. The Balaban J connectivity index is 1.47. The van der Waals surface area contributed by atoms with E-state index in [2.05, 4.69) is 45.0 Å². The molecule has 37 heavy (non-hydrogen) atoms. The van der Waals surface area contributed by atoms with E-state index >= 15 is 0 Å². The van der Waals surface area contributed by atoms with Gasteiger partial charge >= 0.3 is 5.97 Å². The predicted molar refractivity (Wildman–Crippen MR) is 141 cm³/mol. The molecule has 1 aliphatic rings. The van der Waals surface area contributed by atoms with Gasteiger partial charge in [-0.3, -0.25) is 9.59 Å². The highest BCUT2D eigenvalue weighted by molar-refractivity contribution is 5.96. The van der Waals surface area contributed by atoms with Crippen molar-refractivity contribution in [3.05, 3.63) is 100 Å². The van der Waals surface area contributed by atoms with Crippen molar-refractivity contribution >= 4 is 11.9 Å². The number of carboxylic acid groups (broad SMARTS) is 1. The third-order valence-corrected chi connectivity index (χ3v) is 6.71. The molecule has 0 spiro atoms. The first-order valence-electron chi connectivity index (χ1n) is 12.8. The molecule has 5 nitrogen and oxygen atoms in total. The summed E-state index contributed by atoms with van der Waals surface area (Å²) in [5.41, 5.74) is 4.06. The van der Waals surface area contributed by atoms with Crippen LogP contribution in [0, 0.1) is 11.7 Å². The van der Waals surface area contributed by atoms with Crippen LogP contribution in [0.5, 0.6) is 5.75 Å². The van der Waals surface area contributed by atoms with Crippen LogP contribution in [-0.4, -0.2) is 34.0 Å². The molecule has 1 amide bonds. The highest BCUT2D eigenvalue weighted by Crippen LogP contribution is 2.36. The van der Waals surface area contributed by atoms with Crippen LogP contribution in [-0.2, 0) is 30.6 Å². The molecule has 6 heteroatoms. The average Bonchev–Trinajstić information content (AvgIpc) is 2.83. The van der Waals surface area contributed by atoms with Gasteiger partial charge < -0.3 is 14.7 Å². The summed E-state index contributed by atoms with van der Waals surface area (Å²) in [6, 6.07) is 19.8. The van der Waals surface area contributed by atoms with E-state index in [4.69, 9.17) is 4.74 Å². The Bertz CT molecular complexity index is 1270. The fourth-order valence-electron chi connectivity index (χ4n) is 4.94. The van der Waals surface area contributed by atoms with E-state index in [1.807, 2.05) is 0 Å². The Kier molecular flexibility index (Phi) is 7.96. The van der Waals surface area contributed by atoms with E-state index < -0.39 is 24.2 Å². The van der Waals surface area contributed by atoms with Crippen LogP contribution in [0.2, 0.25) is 0 Å². The molecule has 0 aromatic heterocycles. The minimum absolute atomic E-state index is 0.00447. The third kappa shape index (κ3) is 6.97. The first kappa shape index (κ1) is 26.4. The predicted octanol–water partition coefficient (Wildman–Crippen LogP) is 6.08. The highest BCUT2D eigenvalue weighted by atomic mass is 19.1. The zero-order chi connectivity index (χ0) is 26.6. The lowest BCUT2D eigenvalue weighted by molar-refractivity contribution is -0.137. The number of aryl methyl sites for hydroxylation is 1. The molecule has 3 aromatic rings. The molecule has 1 unspecified atom stereocenters. The standard InChI is InChI=1S/C31H34FNO4/c1-21(2)15-22-7-9-23(10-8-22)18-31(3)14-13-25-17-26(11-12-28(25)37-31)30(36)33(20-29(34)35)19-24-5-4-6-27(32)16-24/h4-12,16-17,21H,13-15,18-20H2,1-3H3,(H,34,35). The number of carbonyl (C=O) groups excluding carboxylic acids is 1. The molecule has 0 saturated carbocycles. The fourth-order valence-corrected chi connectivity index (χ4v) is 4.94. The second-order valence-corrected chi connectivity index (χ2v) is 10.7. The number of amides is 1. The molecule has 0 aliphatic carbocycles. The summed E-state index contributed by atoms with van der Waals surface area (Å²) in [5, 5.41) is 9.35. The maximum Gasteiger partial charge on any atom is 0.323 e. The van der Waals surface area contributed by atoms with Gasteiger partial charge in [0.05, 0.1) is 0 Å². The lowest BCUT2D eigenvalue weighted by Crippen LogP contribution is -2.39. The van der Waals surface area contributed by atoms with Crippen LogP contribution in [0.25, 0.3) is 0 Å². The first-order valence-corrected chi connectivity index (χ1v) is 12.8. The molecule has 0 bridgehead atoms. The molecule has 1 aliphatic heterocycles. The highest BCUT2D eigenvalue weighted by Gasteiger charge is 2.32. The van der Waals surface area contributed by atoms with Gasteiger partial charge in [-0.25, -0.2) is 4.39 Å². The zero-order valence-electron chi connectivity index (χ0n) is 21.7. The molecule has 3 aromatic carbocycles. The number of rotatable bonds is 9. The van der Waals surface area contributed by atoms with Gasteiger partial charge in [0.2, 0.25) is 0 Å². The Morgan fingerprint density at radius 3 is 2.43 bits per heavy atom. The van der Waals surface area contributed by atoms with Crippen molar-refractivity contribution in [1.29, 1.82) is 0 Å². The second-order valence-electron chi connectivity index (χ2n) is 10.7. The maximum absolute atomic E-state index is 13.6. The summed E-state index contributed by atoms with van der Waals surface area (Å²) in [6.45, 7) is 6.08.